The minimum absolute atomic E-state index is 0.117. The van der Waals surface area contributed by atoms with Gasteiger partial charge in [-0.1, -0.05) is 56.3 Å². The van der Waals surface area contributed by atoms with E-state index in [0.29, 0.717) is 18.8 Å². The van der Waals surface area contributed by atoms with Crippen LogP contribution >= 0.6 is 0 Å². The summed E-state index contributed by atoms with van der Waals surface area (Å²) in [5, 5.41) is 5.74. The average Bonchev–Trinajstić information content (AvgIpc) is 3.47. The van der Waals surface area contributed by atoms with E-state index in [1.54, 1.807) is 17.1 Å². The van der Waals surface area contributed by atoms with E-state index in [9.17, 15) is 18.8 Å². The molecule has 3 heterocycles. The van der Waals surface area contributed by atoms with Crippen LogP contribution in [0.25, 0.3) is 0 Å². The van der Waals surface area contributed by atoms with Crippen molar-refractivity contribution in [3.8, 4) is 0 Å². The first-order valence-electron chi connectivity index (χ1n) is 11.9. The number of anilines is 1. The molecule has 2 fully saturated rings. The lowest BCUT2D eigenvalue weighted by Crippen LogP contribution is -2.55. The van der Waals surface area contributed by atoms with Crippen molar-refractivity contribution >= 4 is 23.4 Å². The van der Waals surface area contributed by atoms with Gasteiger partial charge in [-0.25, -0.2) is 4.39 Å². The maximum Gasteiger partial charge on any atom is 0.246 e. The maximum atomic E-state index is 13.7. The number of hydrogen-bond acceptors (Lipinski definition) is 4. The van der Waals surface area contributed by atoms with E-state index < -0.39 is 35.4 Å². The largest absolute Gasteiger partial charge is 0.359 e. The molecule has 2 saturated heterocycles. The van der Waals surface area contributed by atoms with Gasteiger partial charge in [-0.15, -0.1) is 0 Å². The molecular weight excluding hydrogens is 449 g/mol. The zero-order chi connectivity index (χ0) is 24.7. The van der Waals surface area contributed by atoms with E-state index in [4.69, 9.17) is 4.74 Å². The Hall–Kier alpha value is -3.52. The summed E-state index contributed by atoms with van der Waals surface area (Å²) < 4.78 is 19.6. The molecule has 3 aliphatic heterocycles. The minimum Gasteiger partial charge on any atom is -0.359 e. The van der Waals surface area contributed by atoms with Crippen molar-refractivity contribution in [2.45, 2.75) is 38.1 Å². The van der Waals surface area contributed by atoms with Gasteiger partial charge in [0.2, 0.25) is 17.7 Å². The lowest BCUT2D eigenvalue weighted by Gasteiger charge is -2.32. The van der Waals surface area contributed by atoms with Gasteiger partial charge in [-0.2, -0.15) is 0 Å². The van der Waals surface area contributed by atoms with Crippen molar-refractivity contribution in [3.05, 3.63) is 78.1 Å². The van der Waals surface area contributed by atoms with Crippen LogP contribution in [-0.4, -0.2) is 46.9 Å². The monoisotopic (exact) mass is 477 g/mol. The van der Waals surface area contributed by atoms with Gasteiger partial charge < -0.3 is 20.3 Å². The van der Waals surface area contributed by atoms with Crippen LogP contribution in [0.5, 0.6) is 0 Å². The Labute approximate surface area is 203 Å². The van der Waals surface area contributed by atoms with Crippen LogP contribution in [0.3, 0.4) is 0 Å². The first-order valence-corrected chi connectivity index (χ1v) is 11.9. The molecule has 0 radical (unpaired) electrons. The Morgan fingerprint density at radius 3 is 2.49 bits per heavy atom. The van der Waals surface area contributed by atoms with Gasteiger partial charge in [0.1, 0.15) is 17.5 Å². The van der Waals surface area contributed by atoms with Gasteiger partial charge in [0, 0.05) is 18.8 Å². The number of likely N-dealkylation sites (tertiary alicyclic amines) is 1. The number of halogens is 1. The number of ether oxygens (including phenoxy) is 1. The third-order valence-corrected chi connectivity index (χ3v) is 6.91. The number of carbonyl (C=O) groups excluding carboxylic acids is 3. The average molecular weight is 478 g/mol. The zero-order valence-electron chi connectivity index (χ0n) is 19.6. The molecule has 2 N–H and O–H groups in total. The molecule has 2 bridgehead atoms. The van der Waals surface area contributed by atoms with Crippen LogP contribution in [0, 0.1) is 23.6 Å². The quantitative estimate of drug-likeness (QED) is 0.601. The Morgan fingerprint density at radius 2 is 1.80 bits per heavy atom. The van der Waals surface area contributed by atoms with E-state index in [1.165, 1.54) is 24.3 Å². The highest BCUT2D eigenvalue weighted by atomic mass is 19.1. The summed E-state index contributed by atoms with van der Waals surface area (Å²) in [7, 11) is 0. The van der Waals surface area contributed by atoms with Crippen molar-refractivity contribution in [3.63, 3.8) is 0 Å². The van der Waals surface area contributed by atoms with Crippen LogP contribution in [0.15, 0.2) is 66.7 Å². The second kappa shape index (κ2) is 8.92. The van der Waals surface area contributed by atoms with E-state index in [2.05, 4.69) is 10.6 Å². The molecular formula is C27H28FN3O4. The van der Waals surface area contributed by atoms with E-state index in [-0.39, 0.29) is 23.6 Å². The number of amides is 3. The zero-order valence-corrected chi connectivity index (χ0v) is 19.6. The Balaban J connectivity index is 1.42. The standard InChI is InChI=1S/C27H28FN3O4/c1-16(2)15-31-23(25(33)29-14-17-6-4-3-5-7-17)27-13-12-20(35-27)21(22(27)26(31)34)24(32)30-19-10-8-18(28)9-11-19/h3-13,16,20-23H,14-15H2,1-2H3,(H,29,33)(H,30,32). The fraction of sp³-hybridized carbons (Fsp3) is 0.370. The molecule has 182 valence electrons. The normalized spacial score (nSPS) is 28.5. The van der Waals surface area contributed by atoms with Crippen molar-refractivity contribution in [1.82, 2.24) is 10.2 Å². The van der Waals surface area contributed by atoms with Crippen molar-refractivity contribution < 1.29 is 23.5 Å². The molecule has 0 aliphatic carbocycles. The number of carbonyl (C=O) groups is 3. The van der Waals surface area contributed by atoms with E-state index >= 15 is 0 Å². The van der Waals surface area contributed by atoms with Crippen LogP contribution in [-0.2, 0) is 25.7 Å². The number of hydrogen-bond donors (Lipinski definition) is 2. The number of benzene rings is 2. The number of rotatable bonds is 7. The molecule has 2 aromatic carbocycles. The highest BCUT2D eigenvalue weighted by molar-refractivity contribution is 6.02. The lowest BCUT2D eigenvalue weighted by atomic mass is 9.74. The summed E-state index contributed by atoms with van der Waals surface area (Å²) >= 11 is 0. The smallest absolute Gasteiger partial charge is 0.246 e. The molecule has 8 heteroatoms. The van der Waals surface area contributed by atoms with Gasteiger partial charge in [-0.3, -0.25) is 14.4 Å². The van der Waals surface area contributed by atoms with E-state index in [1.807, 2.05) is 44.2 Å². The summed E-state index contributed by atoms with van der Waals surface area (Å²) in [6.07, 6.45) is 2.94. The van der Waals surface area contributed by atoms with Crippen molar-refractivity contribution in [1.29, 1.82) is 0 Å². The Morgan fingerprint density at radius 1 is 1.09 bits per heavy atom. The summed E-state index contributed by atoms with van der Waals surface area (Å²) in [5.41, 5.74) is 0.166. The second-order valence-electron chi connectivity index (χ2n) is 9.79. The molecule has 3 aliphatic rings. The summed E-state index contributed by atoms with van der Waals surface area (Å²) in [4.78, 5) is 42.1. The predicted octanol–water partition coefficient (Wildman–Crippen LogP) is 2.89. The van der Waals surface area contributed by atoms with E-state index in [0.717, 1.165) is 5.56 Å². The lowest BCUT2D eigenvalue weighted by molar-refractivity contribution is -0.141. The van der Waals surface area contributed by atoms with Crippen LogP contribution in [0.4, 0.5) is 10.1 Å². The fourth-order valence-electron chi connectivity index (χ4n) is 5.50. The maximum absolute atomic E-state index is 13.7. The number of fused-ring (bicyclic) bond motifs is 1. The third kappa shape index (κ3) is 4.01. The molecule has 7 nitrogen and oxygen atoms in total. The molecule has 5 atom stereocenters. The predicted molar refractivity (Wildman–Crippen MR) is 127 cm³/mol. The molecule has 35 heavy (non-hydrogen) atoms. The van der Waals surface area contributed by atoms with Crippen molar-refractivity contribution in [2.75, 3.05) is 11.9 Å². The van der Waals surface area contributed by atoms with Crippen molar-refractivity contribution in [2.24, 2.45) is 17.8 Å². The van der Waals surface area contributed by atoms with Gasteiger partial charge in [0.25, 0.3) is 0 Å². The molecule has 5 rings (SSSR count). The van der Waals surface area contributed by atoms with Gasteiger partial charge in [-0.05, 0) is 35.7 Å². The van der Waals surface area contributed by atoms with Gasteiger partial charge in [0.15, 0.2) is 0 Å². The molecule has 0 aromatic heterocycles. The Bertz CT molecular complexity index is 1170. The summed E-state index contributed by atoms with van der Waals surface area (Å²) in [6, 6.07) is 14.1. The third-order valence-electron chi connectivity index (χ3n) is 6.91. The topological polar surface area (TPSA) is 87.7 Å². The Kier molecular flexibility index (Phi) is 5.92. The molecule has 2 aromatic rings. The highest BCUT2D eigenvalue weighted by Gasteiger charge is 2.72. The SMILES string of the molecule is CC(C)CN1C(=O)C2C(C(=O)Nc3ccc(F)cc3)C3C=CC2(O3)C1C(=O)NCc1ccccc1. The molecule has 5 unspecified atom stereocenters. The molecule has 0 saturated carbocycles. The summed E-state index contributed by atoms with van der Waals surface area (Å²) in [6.45, 7) is 4.65. The summed E-state index contributed by atoms with van der Waals surface area (Å²) in [5.74, 6) is -2.86. The molecule has 1 spiro atoms. The fourth-order valence-corrected chi connectivity index (χ4v) is 5.50. The number of nitrogens with zero attached hydrogens (tertiary/aromatic N) is 1. The van der Waals surface area contributed by atoms with Crippen LogP contribution in [0.2, 0.25) is 0 Å². The van der Waals surface area contributed by atoms with Gasteiger partial charge in [0.05, 0.1) is 17.9 Å². The highest BCUT2D eigenvalue weighted by Crippen LogP contribution is 2.55. The molecule has 3 amide bonds. The van der Waals surface area contributed by atoms with Crippen LogP contribution < -0.4 is 10.6 Å². The second-order valence-corrected chi connectivity index (χ2v) is 9.79. The minimum atomic E-state index is -1.21. The number of nitrogens with one attached hydrogen (secondary N) is 2. The van der Waals surface area contributed by atoms with Gasteiger partial charge >= 0.3 is 0 Å². The van der Waals surface area contributed by atoms with Crippen LogP contribution in [0.1, 0.15) is 19.4 Å². The first kappa shape index (κ1) is 23.2. The first-order chi connectivity index (χ1) is 16.8.